The number of pyridine rings is 1. The fourth-order valence-corrected chi connectivity index (χ4v) is 8.04. The van der Waals surface area contributed by atoms with Crippen LogP contribution in [0, 0.1) is 0 Å². The molecule has 0 radical (unpaired) electrons. The van der Waals surface area contributed by atoms with Crippen LogP contribution in [0.2, 0.25) is 0 Å². The first-order chi connectivity index (χ1) is 18.1. The summed E-state index contributed by atoms with van der Waals surface area (Å²) >= 11 is 0. The smallest absolute Gasteiger partial charge is 0.172 e. The number of aryl methyl sites for hydroxylation is 1. The highest BCUT2D eigenvalue weighted by atomic mass is 32.2. The van der Waals surface area contributed by atoms with E-state index in [9.17, 15) is 8.42 Å². The van der Waals surface area contributed by atoms with E-state index in [0.29, 0.717) is 13.1 Å². The molecule has 0 saturated carbocycles. The number of aromatic nitrogens is 1. The highest BCUT2D eigenvalue weighted by Crippen LogP contribution is 2.32. The molecule has 4 aromatic rings. The molecule has 0 amide bonds. The van der Waals surface area contributed by atoms with Crippen molar-refractivity contribution >= 4 is 32.1 Å². The van der Waals surface area contributed by atoms with E-state index in [1.807, 2.05) is 66.9 Å². The Bertz CT molecular complexity index is 1480. The minimum atomic E-state index is -3.46. The van der Waals surface area contributed by atoms with Crippen molar-refractivity contribution in [2.24, 2.45) is 0 Å². The Labute approximate surface area is 218 Å². The lowest BCUT2D eigenvalue weighted by atomic mass is 9.97. The van der Waals surface area contributed by atoms with Gasteiger partial charge in [-0.05, 0) is 41.5 Å². The molecule has 190 valence electrons. The first-order valence-electron chi connectivity index (χ1n) is 13.0. The molecule has 2 aliphatic rings. The van der Waals surface area contributed by atoms with Crippen molar-refractivity contribution in [3.63, 3.8) is 0 Å². The molecular formula is C30H32N4O2S. The second-order valence-electron chi connectivity index (χ2n) is 10.0. The van der Waals surface area contributed by atoms with Gasteiger partial charge in [-0.15, -0.1) is 0 Å². The SMILES string of the molecule is O=S(=O)(Cc1ccccc1)C(C1CCc2ccccc2N1)N1CCN(c2nccc3ccccc23)CC1. The third-order valence-electron chi connectivity index (χ3n) is 7.63. The lowest BCUT2D eigenvalue weighted by molar-refractivity contribution is 0.212. The zero-order valence-corrected chi connectivity index (χ0v) is 21.6. The average Bonchev–Trinajstić information content (AvgIpc) is 2.93. The number of anilines is 2. The predicted octanol–water partition coefficient (Wildman–Crippen LogP) is 4.72. The van der Waals surface area contributed by atoms with E-state index in [1.54, 1.807) is 0 Å². The van der Waals surface area contributed by atoms with Gasteiger partial charge in [0.25, 0.3) is 0 Å². The summed E-state index contributed by atoms with van der Waals surface area (Å²) in [5.41, 5.74) is 3.14. The second-order valence-corrected chi connectivity index (χ2v) is 12.1. The van der Waals surface area contributed by atoms with Crippen molar-refractivity contribution in [1.82, 2.24) is 9.88 Å². The molecule has 3 heterocycles. The molecule has 1 fully saturated rings. The third kappa shape index (κ3) is 4.93. The number of piperazine rings is 1. The lowest BCUT2D eigenvalue weighted by Crippen LogP contribution is -2.59. The molecular weight excluding hydrogens is 480 g/mol. The molecule has 1 aromatic heterocycles. The maximum atomic E-state index is 14.0. The zero-order chi connectivity index (χ0) is 25.2. The number of fused-ring (bicyclic) bond motifs is 2. The second kappa shape index (κ2) is 10.1. The molecule has 0 aliphatic carbocycles. The maximum Gasteiger partial charge on any atom is 0.172 e. The maximum absolute atomic E-state index is 14.0. The van der Waals surface area contributed by atoms with E-state index in [-0.39, 0.29) is 11.8 Å². The lowest BCUT2D eigenvalue weighted by Gasteiger charge is -2.43. The zero-order valence-electron chi connectivity index (χ0n) is 20.8. The molecule has 0 spiro atoms. The minimum absolute atomic E-state index is 0.0451. The predicted molar refractivity (Wildman–Crippen MR) is 151 cm³/mol. The number of nitrogens with one attached hydrogen (secondary N) is 1. The summed E-state index contributed by atoms with van der Waals surface area (Å²) < 4.78 is 28.1. The van der Waals surface area contributed by atoms with Gasteiger partial charge in [-0.2, -0.15) is 0 Å². The van der Waals surface area contributed by atoms with Crippen LogP contribution in [-0.2, 0) is 22.0 Å². The topological polar surface area (TPSA) is 65.5 Å². The Balaban J connectivity index is 1.27. The molecule has 0 bridgehead atoms. The van der Waals surface area contributed by atoms with Crippen molar-refractivity contribution in [3.05, 3.63) is 102 Å². The van der Waals surface area contributed by atoms with Crippen LogP contribution in [-0.4, -0.2) is 55.9 Å². The molecule has 2 unspecified atom stereocenters. The van der Waals surface area contributed by atoms with Crippen LogP contribution >= 0.6 is 0 Å². The van der Waals surface area contributed by atoms with Crippen molar-refractivity contribution in [2.45, 2.75) is 30.0 Å². The summed E-state index contributed by atoms with van der Waals surface area (Å²) in [6.07, 6.45) is 3.53. The Morgan fingerprint density at radius 2 is 1.59 bits per heavy atom. The molecule has 2 atom stereocenters. The number of hydrogen-bond donors (Lipinski definition) is 1. The van der Waals surface area contributed by atoms with Gasteiger partial charge < -0.3 is 10.2 Å². The quantitative estimate of drug-likeness (QED) is 0.403. The number of rotatable bonds is 6. The van der Waals surface area contributed by atoms with Crippen LogP contribution < -0.4 is 10.2 Å². The van der Waals surface area contributed by atoms with E-state index in [1.165, 1.54) is 10.9 Å². The summed E-state index contributed by atoms with van der Waals surface area (Å²) in [7, 11) is -3.46. The first kappa shape index (κ1) is 23.9. The van der Waals surface area contributed by atoms with Crippen molar-refractivity contribution in [3.8, 4) is 0 Å². The van der Waals surface area contributed by atoms with Crippen LogP contribution in [0.5, 0.6) is 0 Å². The van der Waals surface area contributed by atoms with Crippen LogP contribution in [0.3, 0.4) is 0 Å². The number of hydrogen-bond acceptors (Lipinski definition) is 6. The highest BCUT2D eigenvalue weighted by Gasteiger charge is 2.41. The summed E-state index contributed by atoms with van der Waals surface area (Å²) in [6, 6.07) is 28.0. The minimum Gasteiger partial charge on any atom is -0.379 e. The van der Waals surface area contributed by atoms with Gasteiger partial charge in [-0.1, -0.05) is 72.8 Å². The Hall–Kier alpha value is -3.42. The van der Waals surface area contributed by atoms with E-state index < -0.39 is 15.2 Å². The molecule has 1 N–H and O–H groups in total. The van der Waals surface area contributed by atoms with Gasteiger partial charge in [0.2, 0.25) is 0 Å². The van der Waals surface area contributed by atoms with Gasteiger partial charge in [0.1, 0.15) is 11.2 Å². The van der Waals surface area contributed by atoms with Gasteiger partial charge in [-0.25, -0.2) is 13.4 Å². The fraction of sp³-hybridized carbons (Fsp3) is 0.300. The number of benzene rings is 3. The number of nitrogens with zero attached hydrogens (tertiary/aromatic N) is 3. The summed E-state index contributed by atoms with van der Waals surface area (Å²) in [5, 5.41) is 5.32. The van der Waals surface area contributed by atoms with E-state index in [2.05, 4.69) is 39.4 Å². The monoisotopic (exact) mass is 512 g/mol. The molecule has 3 aromatic carbocycles. The average molecular weight is 513 g/mol. The molecule has 6 rings (SSSR count). The van der Waals surface area contributed by atoms with Gasteiger partial charge in [0.05, 0.1) is 11.8 Å². The van der Waals surface area contributed by atoms with Gasteiger partial charge >= 0.3 is 0 Å². The third-order valence-corrected chi connectivity index (χ3v) is 9.73. The van der Waals surface area contributed by atoms with Crippen LogP contribution in [0.1, 0.15) is 17.5 Å². The Kier molecular flexibility index (Phi) is 6.57. The number of sulfone groups is 1. The van der Waals surface area contributed by atoms with Crippen LogP contribution in [0.4, 0.5) is 11.5 Å². The van der Waals surface area contributed by atoms with Crippen molar-refractivity contribution in [2.75, 3.05) is 36.4 Å². The molecule has 6 nitrogen and oxygen atoms in total. The molecule has 2 aliphatic heterocycles. The largest absolute Gasteiger partial charge is 0.379 e. The van der Waals surface area contributed by atoms with Gasteiger partial charge in [0.15, 0.2) is 9.84 Å². The molecule has 7 heteroatoms. The number of para-hydroxylation sites is 1. The fourth-order valence-electron chi connectivity index (χ4n) is 5.84. The van der Waals surface area contributed by atoms with E-state index in [0.717, 1.165) is 48.4 Å². The van der Waals surface area contributed by atoms with Crippen molar-refractivity contribution in [1.29, 1.82) is 0 Å². The molecule has 37 heavy (non-hydrogen) atoms. The van der Waals surface area contributed by atoms with Gasteiger partial charge in [0, 0.05) is 43.4 Å². The normalized spacial score (nSPS) is 19.2. The van der Waals surface area contributed by atoms with E-state index in [4.69, 9.17) is 4.98 Å². The van der Waals surface area contributed by atoms with Crippen molar-refractivity contribution < 1.29 is 8.42 Å². The highest BCUT2D eigenvalue weighted by molar-refractivity contribution is 7.91. The first-order valence-corrected chi connectivity index (χ1v) is 14.7. The van der Waals surface area contributed by atoms with Crippen LogP contribution in [0.25, 0.3) is 10.8 Å². The summed E-state index contributed by atoms with van der Waals surface area (Å²) in [4.78, 5) is 9.18. The Morgan fingerprint density at radius 3 is 2.43 bits per heavy atom. The summed E-state index contributed by atoms with van der Waals surface area (Å²) in [6.45, 7) is 2.82. The van der Waals surface area contributed by atoms with E-state index >= 15 is 0 Å². The summed E-state index contributed by atoms with van der Waals surface area (Å²) in [5.74, 6) is 1.02. The van der Waals surface area contributed by atoms with Gasteiger partial charge in [-0.3, -0.25) is 4.90 Å². The van der Waals surface area contributed by atoms with Crippen LogP contribution in [0.15, 0.2) is 91.1 Å². The standard InChI is InChI=1S/C30H32N4O2S/c35-37(36,22-23-8-2-1-3-9-23)30(28-15-14-25-11-5-7-13-27(25)32-28)34-20-18-33(19-21-34)29-26-12-6-4-10-24(26)16-17-31-29/h1-13,16-17,28,30,32H,14-15,18-22H2. The molecule has 1 saturated heterocycles. The Morgan fingerprint density at radius 1 is 0.865 bits per heavy atom.